The molecule has 1 atom stereocenters. The number of carbonyl (C=O) groups is 1. The van der Waals surface area contributed by atoms with Gasteiger partial charge in [0.2, 0.25) is 5.91 Å². The average molecular weight is 289 g/mol. The van der Waals surface area contributed by atoms with Crippen molar-refractivity contribution in [1.29, 1.82) is 5.26 Å². The molecule has 5 heteroatoms. The third-order valence-corrected chi connectivity index (χ3v) is 4.18. The summed E-state index contributed by atoms with van der Waals surface area (Å²) in [6, 6.07) is 8.51. The Kier molecular flexibility index (Phi) is 4.46. The Hall–Kier alpha value is -2.09. The van der Waals surface area contributed by atoms with E-state index in [0.717, 1.165) is 5.69 Å². The molecule has 1 fully saturated rings. The molecule has 0 aromatic heterocycles. The summed E-state index contributed by atoms with van der Waals surface area (Å²) >= 11 is 0. The van der Waals surface area contributed by atoms with Crippen molar-refractivity contribution in [2.75, 3.05) is 31.1 Å². The second kappa shape index (κ2) is 6.13. The molecule has 21 heavy (non-hydrogen) atoms. The second-order valence-electron chi connectivity index (χ2n) is 5.55. The first-order valence-electron chi connectivity index (χ1n) is 7.21. The zero-order chi connectivity index (χ0) is 15.5. The SMILES string of the molecule is CCC(C)(C#N)C(=O)N1CCN(c2ccc(F)cc2)CC1. The molecule has 1 unspecified atom stereocenters. The minimum Gasteiger partial charge on any atom is -0.368 e. The minimum atomic E-state index is -0.932. The van der Waals surface area contributed by atoms with Gasteiger partial charge in [-0.2, -0.15) is 5.26 Å². The van der Waals surface area contributed by atoms with Crippen molar-refractivity contribution in [3.05, 3.63) is 30.1 Å². The molecule has 4 nitrogen and oxygen atoms in total. The highest BCUT2D eigenvalue weighted by atomic mass is 19.1. The Morgan fingerprint density at radius 1 is 1.29 bits per heavy atom. The predicted molar refractivity (Wildman–Crippen MR) is 79.2 cm³/mol. The van der Waals surface area contributed by atoms with Gasteiger partial charge in [0.1, 0.15) is 11.2 Å². The molecule has 0 bridgehead atoms. The summed E-state index contributed by atoms with van der Waals surface area (Å²) in [7, 11) is 0. The van der Waals surface area contributed by atoms with Gasteiger partial charge in [0, 0.05) is 31.9 Å². The summed E-state index contributed by atoms with van der Waals surface area (Å²) < 4.78 is 12.9. The molecule has 1 aliphatic rings. The van der Waals surface area contributed by atoms with Crippen LogP contribution in [0.2, 0.25) is 0 Å². The lowest BCUT2D eigenvalue weighted by atomic mass is 9.87. The van der Waals surface area contributed by atoms with Gasteiger partial charge >= 0.3 is 0 Å². The van der Waals surface area contributed by atoms with Crippen molar-refractivity contribution >= 4 is 11.6 Å². The summed E-state index contributed by atoms with van der Waals surface area (Å²) in [5, 5.41) is 9.20. The molecule has 1 aromatic rings. The van der Waals surface area contributed by atoms with Crippen LogP contribution in [0, 0.1) is 22.6 Å². The van der Waals surface area contributed by atoms with Crippen LogP contribution in [0.25, 0.3) is 0 Å². The molecule has 0 saturated carbocycles. The highest BCUT2D eigenvalue weighted by Crippen LogP contribution is 2.25. The summed E-state index contributed by atoms with van der Waals surface area (Å²) in [6.07, 6.45) is 0.514. The van der Waals surface area contributed by atoms with Crippen molar-refractivity contribution in [1.82, 2.24) is 4.90 Å². The highest BCUT2D eigenvalue weighted by Gasteiger charge is 2.36. The maximum atomic E-state index is 12.9. The number of nitrogens with zero attached hydrogens (tertiary/aromatic N) is 3. The Morgan fingerprint density at radius 3 is 2.33 bits per heavy atom. The van der Waals surface area contributed by atoms with Gasteiger partial charge in [-0.25, -0.2) is 4.39 Å². The fourth-order valence-electron chi connectivity index (χ4n) is 2.45. The van der Waals surface area contributed by atoms with E-state index in [1.807, 2.05) is 6.92 Å². The number of piperazine rings is 1. The molecule has 112 valence electrons. The number of hydrogen-bond donors (Lipinski definition) is 0. The van der Waals surface area contributed by atoms with Gasteiger partial charge in [-0.15, -0.1) is 0 Å². The largest absolute Gasteiger partial charge is 0.368 e. The van der Waals surface area contributed by atoms with E-state index in [4.69, 9.17) is 0 Å². The van der Waals surface area contributed by atoms with E-state index in [1.165, 1.54) is 12.1 Å². The van der Waals surface area contributed by atoms with E-state index in [0.29, 0.717) is 32.6 Å². The molecular weight excluding hydrogens is 269 g/mol. The van der Waals surface area contributed by atoms with E-state index in [2.05, 4.69) is 11.0 Å². The number of benzene rings is 1. The van der Waals surface area contributed by atoms with Gasteiger partial charge in [-0.05, 0) is 37.6 Å². The minimum absolute atomic E-state index is 0.0914. The first-order valence-corrected chi connectivity index (χ1v) is 7.21. The van der Waals surface area contributed by atoms with Crippen molar-refractivity contribution < 1.29 is 9.18 Å². The van der Waals surface area contributed by atoms with E-state index in [1.54, 1.807) is 24.0 Å². The lowest BCUT2D eigenvalue weighted by Crippen LogP contribution is -2.52. The summed E-state index contributed by atoms with van der Waals surface area (Å²) in [5.74, 6) is -0.341. The molecule has 1 saturated heterocycles. The zero-order valence-electron chi connectivity index (χ0n) is 12.5. The van der Waals surface area contributed by atoms with Gasteiger partial charge < -0.3 is 9.80 Å². The van der Waals surface area contributed by atoms with E-state index in [9.17, 15) is 14.4 Å². The molecule has 0 spiro atoms. The van der Waals surface area contributed by atoms with E-state index >= 15 is 0 Å². The number of nitriles is 1. The molecule has 2 rings (SSSR count). The molecule has 1 heterocycles. The smallest absolute Gasteiger partial charge is 0.242 e. The molecule has 0 aliphatic carbocycles. The van der Waals surface area contributed by atoms with Crippen LogP contribution in [0.4, 0.5) is 10.1 Å². The second-order valence-corrected chi connectivity index (χ2v) is 5.55. The molecule has 1 amide bonds. The summed E-state index contributed by atoms with van der Waals surface area (Å²) in [5.41, 5.74) is 0.0277. The fraction of sp³-hybridized carbons (Fsp3) is 0.500. The average Bonchev–Trinajstić information content (AvgIpc) is 2.54. The maximum Gasteiger partial charge on any atom is 0.242 e. The van der Waals surface area contributed by atoms with E-state index in [-0.39, 0.29) is 11.7 Å². The summed E-state index contributed by atoms with van der Waals surface area (Å²) in [6.45, 7) is 6.13. The Labute approximate surface area is 124 Å². The van der Waals surface area contributed by atoms with Crippen LogP contribution in [0.3, 0.4) is 0 Å². The fourth-order valence-corrected chi connectivity index (χ4v) is 2.45. The topological polar surface area (TPSA) is 47.3 Å². The van der Waals surface area contributed by atoms with Crippen LogP contribution < -0.4 is 4.90 Å². The maximum absolute atomic E-state index is 12.9. The first-order chi connectivity index (χ1) is 10.00. The van der Waals surface area contributed by atoms with Crippen LogP contribution in [-0.4, -0.2) is 37.0 Å². The number of carbonyl (C=O) groups excluding carboxylic acids is 1. The lowest BCUT2D eigenvalue weighted by Gasteiger charge is -2.38. The van der Waals surface area contributed by atoms with Gasteiger partial charge in [-0.3, -0.25) is 4.79 Å². The van der Waals surface area contributed by atoms with Crippen LogP contribution in [0.5, 0.6) is 0 Å². The molecular formula is C16H20FN3O. The van der Waals surface area contributed by atoms with Crippen LogP contribution in [0.1, 0.15) is 20.3 Å². The lowest BCUT2D eigenvalue weighted by molar-refractivity contribution is -0.138. The van der Waals surface area contributed by atoms with E-state index < -0.39 is 5.41 Å². The molecule has 0 radical (unpaired) electrons. The third kappa shape index (κ3) is 3.15. The normalized spacial score (nSPS) is 18.0. The van der Waals surface area contributed by atoms with Crippen molar-refractivity contribution in [3.63, 3.8) is 0 Å². The van der Waals surface area contributed by atoms with Crippen LogP contribution in [-0.2, 0) is 4.79 Å². The monoisotopic (exact) mass is 289 g/mol. The van der Waals surface area contributed by atoms with Crippen LogP contribution in [0.15, 0.2) is 24.3 Å². The number of halogens is 1. The van der Waals surface area contributed by atoms with Gasteiger partial charge in [0.15, 0.2) is 0 Å². The zero-order valence-corrected chi connectivity index (χ0v) is 12.5. The Balaban J connectivity index is 1.99. The molecule has 1 aromatic carbocycles. The number of amides is 1. The highest BCUT2D eigenvalue weighted by molar-refractivity contribution is 5.85. The number of anilines is 1. The standard InChI is InChI=1S/C16H20FN3O/c1-3-16(2,12-18)15(21)20-10-8-19(9-11-20)14-6-4-13(17)5-7-14/h4-7H,3,8-11H2,1-2H3. The predicted octanol–water partition coefficient (Wildman–Crippen LogP) is 2.41. The molecule has 0 N–H and O–H groups in total. The molecule has 1 aliphatic heterocycles. The number of hydrogen-bond acceptors (Lipinski definition) is 3. The van der Waals surface area contributed by atoms with Gasteiger partial charge in [-0.1, -0.05) is 6.92 Å². The number of rotatable bonds is 3. The Bertz CT molecular complexity index is 544. The van der Waals surface area contributed by atoms with Crippen LogP contribution >= 0.6 is 0 Å². The van der Waals surface area contributed by atoms with Crippen molar-refractivity contribution in [3.8, 4) is 6.07 Å². The quantitative estimate of drug-likeness (QED) is 0.858. The van der Waals surface area contributed by atoms with Gasteiger partial charge in [0.05, 0.1) is 6.07 Å². The summed E-state index contributed by atoms with van der Waals surface area (Å²) in [4.78, 5) is 16.3. The van der Waals surface area contributed by atoms with Gasteiger partial charge in [0.25, 0.3) is 0 Å². The first kappa shape index (κ1) is 15.3. The van der Waals surface area contributed by atoms with Crippen molar-refractivity contribution in [2.24, 2.45) is 5.41 Å². The van der Waals surface area contributed by atoms with Crippen molar-refractivity contribution in [2.45, 2.75) is 20.3 Å². The third-order valence-electron chi connectivity index (χ3n) is 4.18. The Morgan fingerprint density at radius 2 is 1.86 bits per heavy atom.